The first-order valence-electron chi connectivity index (χ1n) is 6.23. The van der Waals surface area contributed by atoms with Crippen molar-refractivity contribution in [2.45, 2.75) is 39.7 Å². The number of hydrogen-bond donors (Lipinski definition) is 2. The van der Waals surface area contributed by atoms with Crippen molar-refractivity contribution >= 4 is 5.91 Å². The normalized spacial score (nSPS) is 14.3. The average Bonchev–Trinajstić information content (AvgIpc) is 2.25. The summed E-state index contributed by atoms with van der Waals surface area (Å²) in [4.78, 5) is 15.9. The molecule has 0 aliphatic rings. The third-order valence-corrected chi connectivity index (χ3v) is 2.65. The largest absolute Gasteiger partial charge is 0.388 e. The molecule has 0 spiro atoms. The van der Waals surface area contributed by atoms with E-state index in [9.17, 15) is 9.90 Å². The Morgan fingerprint density at radius 2 is 2.17 bits per heavy atom. The molecule has 4 nitrogen and oxygen atoms in total. The highest BCUT2D eigenvalue weighted by molar-refractivity contribution is 5.93. The summed E-state index contributed by atoms with van der Waals surface area (Å²) in [6.07, 6.45) is 2.20. The number of hydrogen-bond acceptors (Lipinski definition) is 3. The lowest BCUT2D eigenvalue weighted by molar-refractivity contribution is 0.0368. The summed E-state index contributed by atoms with van der Waals surface area (Å²) >= 11 is 0. The molecule has 0 fully saturated rings. The van der Waals surface area contributed by atoms with Gasteiger partial charge >= 0.3 is 0 Å². The van der Waals surface area contributed by atoms with Gasteiger partial charge in [0.15, 0.2) is 0 Å². The van der Waals surface area contributed by atoms with Crippen LogP contribution in [0.4, 0.5) is 0 Å². The Bertz CT molecular complexity index is 397. The maximum Gasteiger partial charge on any atom is 0.252 e. The standard InChI is InChI=1S/C14H22N2O2/c1-10(2)7-14(4,18)9-16-13(17)12-6-5-11(3)15-8-12/h5-6,8,10,18H,7,9H2,1-4H3,(H,16,17). The minimum absolute atomic E-state index is 0.202. The van der Waals surface area contributed by atoms with Crippen molar-refractivity contribution < 1.29 is 9.90 Å². The van der Waals surface area contributed by atoms with E-state index in [1.54, 1.807) is 25.3 Å². The molecule has 0 radical (unpaired) electrons. The van der Waals surface area contributed by atoms with Gasteiger partial charge in [0.05, 0.1) is 11.2 Å². The molecule has 0 bridgehead atoms. The minimum Gasteiger partial charge on any atom is -0.388 e. The number of aryl methyl sites for hydroxylation is 1. The van der Waals surface area contributed by atoms with Crippen molar-refractivity contribution in [3.05, 3.63) is 29.6 Å². The van der Waals surface area contributed by atoms with Gasteiger partial charge in [-0.2, -0.15) is 0 Å². The second-order valence-electron chi connectivity index (χ2n) is 5.47. The number of pyridine rings is 1. The Labute approximate surface area is 108 Å². The lowest BCUT2D eigenvalue weighted by Gasteiger charge is -2.25. The summed E-state index contributed by atoms with van der Waals surface area (Å²) in [7, 11) is 0. The van der Waals surface area contributed by atoms with Gasteiger partial charge in [-0.1, -0.05) is 13.8 Å². The smallest absolute Gasteiger partial charge is 0.252 e. The van der Waals surface area contributed by atoms with Crippen LogP contribution >= 0.6 is 0 Å². The predicted molar refractivity (Wildman–Crippen MR) is 71.4 cm³/mol. The van der Waals surface area contributed by atoms with E-state index >= 15 is 0 Å². The van der Waals surface area contributed by atoms with Crippen LogP contribution < -0.4 is 5.32 Å². The average molecular weight is 250 g/mol. The third kappa shape index (κ3) is 4.84. The van der Waals surface area contributed by atoms with Crippen LogP contribution in [-0.4, -0.2) is 28.1 Å². The summed E-state index contributed by atoms with van der Waals surface area (Å²) < 4.78 is 0. The number of carbonyl (C=O) groups is 1. The van der Waals surface area contributed by atoms with E-state index in [4.69, 9.17) is 0 Å². The zero-order valence-electron chi connectivity index (χ0n) is 11.5. The maximum absolute atomic E-state index is 11.8. The van der Waals surface area contributed by atoms with Gasteiger partial charge in [0, 0.05) is 18.4 Å². The van der Waals surface area contributed by atoms with Crippen LogP contribution in [0.15, 0.2) is 18.3 Å². The van der Waals surface area contributed by atoms with Gasteiger partial charge in [-0.15, -0.1) is 0 Å². The molecular formula is C14H22N2O2. The monoisotopic (exact) mass is 250 g/mol. The molecule has 0 aliphatic carbocycles. The topological polar surface area (TPSA) is 62.2 Å². The van der Waals surface area contributed by atoms with Crippen molar-refractivity contribution in [2.24, 2.45) is 5.92 Å². The number of aromatic nitrogens is 1. The Morgan fingerprint density at radius 1 is 1.50 bits per heavy atom. The molecular weight excluding hydrogens is 228 g/mol. The van der Waals surface area contributed by atoms with Gasteiger partial charge in [-0.3, -0.25) is 9.78 Å². The van der Waals surface area contributed by atoms with E-state index in [-0.39, 0.29) is 12.5 Å². The first-order valence-corrected chi connectivity index (χ1v) is 6.23. The molecule has 1 heterocycles. The number of amides is 1. The molecule has 0 aromatic carbocycles. The Morgan fingerprint density at radius 3 is 2.67 bits per heavy atom. The van der Waals surface area contributed by atoms with E-state index in [0.717, 1.165) is 5.69 Å². The van der Waals surface area contributed by atoms with Crippen molar-refractivity contribution in [2.75, 3.05) is 6.54 Å². The summed E-state index contributed by atoms with van der Waals surface area (Å²) in [5.74, 6) is 0.185. The van der Waals surface area contributed by atoms with Crippen molar-refractivity contribution in [1.29, 1.82) is 0 Å². The van der Waals surface area contributed by atoms with E-state index in [1.807, 2.05) is 20.8 Å². The van der Waals surface area contributed by atoms with E-state index < -0.39 is 5.60 Å². The zero-order chi connectivity index (χ0) is 13.8. The maximum atomic E-state index is 11.8. The van der Waals surface area contributed by atoms with Gasteiger partial charge in [0.1, 0.15) is 0 Å². The number of nitrogens with one attached hydrogen (secondary N) is 1. The second-order valence-corrected chi connectivity index (χ2v) is 5.47. The lowest BCUT2D eigenvalue weighted by atomic mass is 9.94. The molecule has 0 aliphatic heterocycles. The summed E-state index contributed by atoms with van der Waals surface area (Å²) in [6.45, 7) is 7.94. The van der Waals surface area contributed by atoms with Crippen LogP contribution in [0.5, 0.6) is 0 Å². The highest BCUT2D eigenvalue weighted by Gasteiger charge is 2.22. The lowest BCUT2D eigenvalue weighted by Crippen LogP contribution is -2.41. The fourth-order valence-corrected chi connectivity index (χ4v) is 1.93. The quantitative estimate of drug-likeness (QED) is 0.839. The molecule has 18 heavy (non-hydrogen) atoms. The SMILES string of the molecule is Cc1ccc(C(=O)NCC(C)(O)CC(C)C)cn1. The van der Waals surface area contributed by atoms with Crippen molar-refractivity contribution in [3.63, 3.8) is 0 Å². The molecule has 4 heteroatoms. The molecule has 1 aromatic rings. The summed E-state index contributed by atoms with van der Waals surface area (Å²) in [5.41, 5.74) is 0.515. The van der Waals surface area contributed by atoms with Crippen molar-refractivity contribution in [1.82, 2.24) is 10.3 Å². The molecule has 0 saturated heterocycles. The first-order chi connectivity index (χ1) is 8.30. The van der Waals surface area contributed by atoms with Gasteiger partial charge in [-0.05, 0) is 38.3 Å². The van der Waals surface area contributed by atoms with Crippen LogP contribution in [0.2, 0.25) is 0 Å². The fourth-order valence-electron chi connectivity index (χ4n) is 1.93. The molecule has 2 N–H and O–H groups in total. The Hall–Kier alpha value is -1.42. The van der Waals surface area contributed by atoms with E-state index in [2.05, 4.69) is 10.3 Å². The van der Waals surface area contributed by atoms with Gasteiger partial charge in [0.25, 0.3) is 5.91 Å². The molecule has 0 saturated carbocycles. The Kier molecular flexibility index (Phi) is 4.84. The van der Waals surface area contributed by atoms with Crippen LogP contribution in [0, 0.1) is 12.8 Å². The summed E-state index contributed by atoms with van der Waals surface area (Å²) in [5, 5.41) is 12.8. The van der Waals surface area contributed by atoms with E-state index in [1.165, 1.54) is 0 Å². The molecule has 1 unspecified atom stereocenters. The van der Waals surface area contributed by atoms with Gasteiger partial charge in [-0.25, -0.2) is 0 Å². The van der Waals surface area contributed by atoms with Crippen LogP contribution in [-0.2, 0) is 0 Å². The highest BCUT2D eigenvalue weighted by atomic mass is 16.3. The second kappa shape index (κ2) is 5.96. The number of rotatable bonds is 5. The molecule has 1 aromatic heterocycles. The third-order valence-electron chi connectivity index (χ3n) is 2.65. The first kappa shape index (κ1) is 14.6. The number of carbonyl (C=O) groups excluding carboxylic acids is 1. The predicted octanol–water partition coefficient (Wildman–Crippen LogP) is 1.92. The van der Waals surface area contributed by atoms with Crippen molar-refractivity contribution in [3.8, 4) is 0 Å². The molecule has 1 atom stereocenters. The van der Waals surface area contributed by atoms with Crippen LogP contribution in [0.25, 0.3) is 0 Å². The van der Waals surface area contributed by atoms with Gasteiger partial charge in [0.2, 0.25) is 0 Å². The van der Waals surface area contributed by atoms with E-state index in [0.29, 0.717) is 17.9 Å². The summed E-state index contributed by atoms with van der Waals surface area (Å²) in [6, 6.07) is 3.52. The fraction of sp³-hybridized carbons (Fsp3) is 0.571. The van der Waals surface area contributed by atoms with Crippen LogP contribution in [0.3, 0.4) is 0 Å². The Balaban J connectivity index is 2.53. The molecule has 1 rings (SSSR count). The van der Waals surface area contributed by atoms with Crippen LogP contribution in [0.1, 0.15) is 43.2 Å². The highest BCUT2D eigenvalue weighted by Crippen LogP contribution is 2.15. The van der Waals surface area contributed by atoms with Gasteiger partial charge < -0.3 is 10.4 Å². The number of nitrogens with zero attached hydrogens (tertiary/aromatic N) is 1. The molecule has 100 valence electrons. The minimum atomic E-state index is -0.873. The molecule has 1 amide bonds. The zero-order valence-corrected chi connectivity index (χ0v) is 11.5. The number of aliphatic hydroxyl groups is 1.